The van der Waals surface area contributed by atoms with Gasteiger partial charge in [0.15, 0.2) is 0 Å². The van der Waals surface area contributed by atoms with Crippen LogP contribution in [-0.4, -0.2) is 17.3 Å². The molecule has 1 aromatic heterocycles. The Morgan fingerprint density at radius 2 is 2.35 bits per heavy atom. The van der Waals surface area contributed by atoms with Crippen LogP contribution < -0.4 is 9.61 Å². The van der Waals surface area contributed by atoms with E-state index in [4.69, 9.17) is 4.74 Å². The van der Waals surface area contributed by atoms with Crippen molar-refractivity contribution in [2.45, 2.75) is 17.9 Å². The minimum Gasteiger partial charge on any atom is -0.493 e. The number of rotatable bonds is 0. The molecule has 2 aliphatic heterocycles. The summed E-state index contributed by atoms with van der Waals surface area (Å²) < 4.78 is 7.00. The van der Waals surface area contributed by atoms with E-state index in [-0.39, 0.29) is 16.2 Å². The van der Waals surface area contributed by atoms with Gasteiger partial charge in [-0.25, -0.2) is 0 Å². The van der Waals surface area contributed by atoms with E-state index in [9.17, 15) is 4.79 Å². The number of hydrogen-bond acceptors (Lipinski definition) is 4. The Balaban J connectivity index is 1.98. The SMILES string of the molecule is C[C@]12COc3ccc(Br)cc3[C@@H]1c1sc(=O)[nH]c1SC2. The number of halogens is 1. The molecule has 1 N–H and O–H groups in total. The van der Waals surface area contributed by atoms with Crippen LogP contribution in [-0.2, 0) is 0 Å². The van der Waals surface area contributed by atoms with Gasteiger partial charge >= 0.3 is 4.87 Å². The molecule has 4 rings (SSSR count). The number of fused-ring (bicyclic) bond motifs is 5. The van der Waals surface area contributed by atoms with Crippen molar-refractivity contribution in [2.24, 2.45) is 5.41 Å². The fraction of sp³-hybridized carbons (Fsp3) is 0.357. The number of ether oxygens (including phenoxy) is 1. The van der Waals surface area contributed by atoms with E-state index < -0.39 is 0 Å². The second-order valence-corrected chi connectivity index (χ2v) is 8.47. The molecule has 2 atom stereocenters. The summed E-state index contributed by atoms with van der Waals surface area (Å²) in [5, 5.41) is 1.04. The third-order valence-electron chi connectivity index (χ3n) is 3.99. The number of aromatic nitrogens is 1. The van der Waals surface area contributed by atoms with Crippen LogP contribution in [0.25, 0.3) is 0 Å². The Bertz CT molecular complexity index is 754. The molecule has 104 valence electrons. The maximum Gasteiger partial charge on any atom is 0.305 e. The van der Waals surface area contributed by atoms with Crippen molar-refractivity contribution in [3.05, 3.63) is 42.8 Å². The van der Waals surface area contributed by atoms with Crippen molar-refractivity contribution in [3.8, 4) is 5.75 Å². The van der Waals surface area contributed by atoms with Gasteiger partial charge in [0.2, 0.25) is 0 Å². The summed E-state index contributed by atoms with van der Waals surface area (Å²) in [6, 6.07) is 6.14. The first-order chi connectivity index (χ1) is 9.57. The number of H-pyrrole nitrogens is 1. The number of aromatic amines is 1. The lowest BCUT2D eigenvalue weighted by Crippen LogP contribution is -2.40. The Labute approximate surface area is 132 Å². The zero-order valence-corrected chi connectivity index (χ0v) is 14.0. The van der Waals surface area contributed by atoms with Gasteiger partial charge in [-0.2, -0.15) is 0 Å². The maximum atomic E-state index is 11.7. The van der Waals surface area contributed by atoms with Gasteiger partial charge in [-0.3, -0.25) is 4.79 Å². The summed E-state index contributed by atoms with van der Waals surface area (Å²) in [5.41, 5.74) is 1.22. The second kappa shape index (κ2) is 4.39. The van der Waals surface area contributed by atoms with E-state index in [1.165, 1.54) is 16.9 Å². The average molecular weight is 370 g/mol. The number of benzene rings is 1. The van der Waals surface area contributed by atoms with E-state index in [1.807, 2.05) is 12.1 Å². The van der Waals surface area contributed by atoms with Crippen LogP contribution in [0.15, 0.2) is 32.5 Å². The molecule has 0 fully saturated rings. The van der Waals surface area contributed by atoms with E-state index in [0.29, 0.717) is 6.61 Å². The second-order valence-electron chi connectivity index (χ2n) is 5.55. The molecule has 2 aromatic rings. The third-order valence-corrected chi connectivity index (χ3v) is 6.97. The first-order valence-electron chi connectivity index (χ1n) is 6.35. The van der Waals surface area contributed by atoms with Crippen LogP contribution in [0.3, 0.4) is 0 Å². The summed E-state index contributed by atoms with van der Waals surface area (Å²) in [7, 11) is 0. The summed E-state index contributed by atoms with van der Waals surface area (Å²) >= 11 is 6.62. The highest BCUT2D eigenvalue weighted by Gasteiger charge is 2.47. The lowest BCUT2D eigenvalue weighted by molar-refractivity contribution is 0.137. The van der Waals surface area contributed by atoms with Crippen LogP contribution in [0.5, 0.6) is 5.75 Å². The first-order valence-corrected chi connectivity index (χ1v) is 8.94. The van der Waals surface area contributed by atoms with Crippen molar-refractivity contribution in [3.63, 3.8) is 0 Å². The van der Waals surface area contributed by atoms with Gasteiger partial charge in [0.25, 0.3) is 0 Å². The number of thiazole rings is 1. The van der Waals surface area contributed by atoms with Crippen LogP contribution in [0, 0.1) is 5.41 Å². The fourth-order valence-electron chi connectivity index (χ4n) is 3.02. The maximum absolute atomic E-state index is 11.7. The normalized spacial score (nSPS) is 27.2. The van der Waals surface area contributed by atoms with Gasteiger partial charge in [-0.05, 0) is 18.2 Å². The average Bonchev–Trinajstić information content (AvgIpc) is 2.78. The lowest BCUT2D eigenvalue weighted by atomic mass is 9.72. The molecule has 20 heavy (non-hydrogen) atoms. The Morgan fingerprint density at radius 3 is 3.20 bits per heavy atom. The molecule has 0 saturated carbocycles. The monoisotopic (exact) mass is 369 g/mol. The first kappa shape index (κ1) is 13.0. The van der Waals surface area contributed by atoms with E-state index in [2.05, 4.69) is 33.9 Å². The Morgan fingerprint density at radius 1 is 1.50 bits per heavy atom. The molecule has 0 saturated heterocycles. The minimum absolute atomic E-state index is 0.0368. The van der Waals surface area contributed by atoms with Gasteiger partial charge in [-0.15, -0.1) is 11.8 Å². The molecule has 0 aliphatic carbocycles. The topological polar surface area (TPSA) is 42.1 Å². The fourth-order valence-corrected chi connectivity index (χ4v) is 5.94. The molecule has 3 heterocycles. The van der Waals surface area contributed by atoms with Crippen molar-refractivity contribution in [1.82, 2.24) is 4.98 Å². The number of thioether (sulfide) groups is 1. The molecular weight excluding hydrogens is 358 g/mol. The minimum atomic E-state index is 0.0368. The standard InChI is InChI=1S/C14H12BrNO2S2/c1-14-5-18-9-3-2-7(15)4-8(9)10(14)11-12(19-6-14)16-13(17)20-11/h2-4,10H,5-6H2,1H3,(H,16,17)/t10-,14-/m1/s1. The molecule has 2 aliphatic rings. The highest BCUT2D eigenvalue weighted by atomic mass is 79.9. The molecule has 0 bridgehead atoms. The molecule has 6 heteroatoms. The zero-order valence-electron chi connectivity index (χ0n) is 10.7. The van der Waals surface area contributed by atoms with Crippen LogP contribution in [0.4, 0.5) is 0 Å². The predicted octanol–water partition coefficient (Wildman–Crippen LogP) is 3.84. The Kier molecular flexibility index (Phi) is 2.85. The molecule has 0 amide bonds. The Hall–Kier alpha value is -0.720. The van der Waals surface area contributed by atoms with Crippen LogP contribution in [0.2, 0.25) is 0 Å². The van der Waals surface area contributed by atoms with Crippen molar-refractivity contribution < 1.29 is 4.74 Å². The molecule has 0 radical (unpaired) electrons. The number of hydrogen-bond donors (Lipinski definition) is 1. The highest BCUT2D eigenvalue weighted by molar-refractivity contribution is 9.10. The van der Waals surface area contributed by atoms with E-state index in [1.54, 1.807) is 11.8 Å². The molecular formula is C14H12BrNO2S2. The van der Waals surface area contributed by atoms with Gasteiger partial charge in [0.05, 0.1) is 11.6 Å². The quantitative estimate of drug-likeness (QED) is 0.766. The van der Waals surface area contributed by atoms with Crippen molar-refractivity contribution in [2.75, 3.05) is 12.4 Å². The van der Waals surface area contributed by atoms with Crippen molar-refractivity contribution in [1.29, 1.82) is 0 Å². The van der Waals surface area contributed by atoms with Gasteiger partial charge in [-0.1, -0.05) is 34.2 Å². The number of nitrogens with one attached hydrogen (secondary N) is 1. The summed E-state index contributed by atoms with van der Waals surface area (Å²) in [4.78, 5) is 15.9. The highest BCUT2D eigenvalue weighted by Crippen LogP contribution is 2.56. The van der Waals surface area contributed by atoms with E-state index in [0.717, 1.165) is 25.9 Å². The van der Waals surface area contributed by atoms with Crippen LogP contribution in [0.1, 0.15) is 23.3 Å². The van der Waals surface area contributed by atoms with Gasteiger partial charge < -0.3 is 9.72 Å². The lowest BCUT2D eigenvalue weighted by Gasteiger charge is -2.44. The smallest absolute Gasteiger partial charge is 0.305 e. The van der Waals surface area contributed by atoms with Crippen LogP contribution >= 0.6 is 39.0 Å². The molecule has 0 unspecified atom stereocenters. The molecule has 0 spiro atoms. The zero-order chi connectivity index (χ0) is 13.9. The third kappa shape index (κ3) is 1.81. The summed E-state index contributed by atoms with van der Waals surface area (Å²) in [6.07, 6.45) is 0. The van der Waals surface area contributed by atoms with E-state index >= 15 is 0 Å². The van der Waals surface area contributed by atoms with Gasteiger partial charge in [0, 0.05) is 32.0 Å². The summed E-state index contributed by atoms with van der Waals surface area (Å²) in [5.74, 6) is 2.14. The molecule has 1 aromatic carbocycles. The van der Waals surface area contributed by atoms with Crippen molar-refractivity contribution >= 4 is 39.0 Å². The summed E-state index contributed by atoms with van der Waals surface area (Å²) in [6.45, 7) is 2.95. The predicted molar refractivity (Wildman–Crippen MR) is 85.3 cm³/mol. The molecule has 3 nitrogen and oxygen atoms in total. The largest absolute Gasteiger partial charge is 0.493 e. The van der Waals surface area contributed by atoms with Gasteiger partial charge in [0.1, 0.15) is 5.75 Å².